The molecular weight excluding hydrogens is 414 g/mol. The molecule has 2 aliphatic carbocycles. The van der Waals surface area contributed by atoms with E-state index in [4.69, 9.17) is 4.74 Å². The number of benzene rings is 1. The Labute approximate surface area is 196 Å². The zero-order chi connectivity index (χ0) is 23.0. The quantitative estimate of drug-likeness (QED) is 0.659. The van der Waals surface area contributed by atoms with E-state index in [1.165, 1.54) is 0 Å². The van der Waals surface area contributed by atoms with Crippen LogP contribution in [0.25, 0.3) is 0 Å². The van der Waals surface area contributed by atoms with Gasteiger partial charge in [-0.3, -0.25) is 9.59 Å². The largest absolute Gasteiger partial charge is 0.378 e. The molecule has 0 saturated carbocycles. The summed E-state index contributed by atoms with van der Waals surface area (Å²) >= 11 is 0. The van der Waals surface area contributed by atoms with Crippen LogP contribution < -0.4 is 15.5 Å². The second-order valence-electron chi connectivity index (χ2n) is 8.78. The lowest BCUT2D eigenvalue weighted by Gasteiger charge is -2.31. The Morgan fingerprint density at radius 3 is 2.73 bits per heavy atom. The standard InChI is InChI=1S/C27H33N3O3/c1-20-9-5-6-12-22(20)26(31)29-24(19-21-10-3-2-4-11-21)27(32)28-23-13-7-8-14-25(23)30-15-17-33-18-16-30/h2-5,7-10,13-14,21,24H,6,11-12,15-19H2,1H3,(H,28,32)(H,29,31). The first-order valence-electron chi connectivity index (χ1n) is 11.8. The zero-order valence-corrected chi connectivity index (χ0v) is 19.3. The van der Waals surface area contributed by atoms with Gasteiger partial charge in [0.25, 0.3) is 0 Å². The van der Waals surface area contributed by atoms with Crippen LogP contribution in [0.3, 0.4) is 0 Å². The Morgan fingerprint density at radius 1 is 1.15 bits per heavy atom. The molecule has 4 rings (SSSR count). The summed E-state index contributed by atoms with van der Waals surface area (Å²) in [5.74, 6) is -0.118. The molecule has 6 heteroatoms. The van der Waals surface area contributed by atoms with E-state index in [1.54, 1.807) is 0 Å². The van der Waals surface area contributed by atoms with Crippen LogP contribution >= 0.6 is 0 Å². The first-order chi connectivity index (χ1) is 16.1. The monoisotopic (exact) mass is 447 g/mol. The molecule has 3 aliphatic rings. The van der Waals surface area contributed by atoms with Crippen LogP contribution in [0.2, 0.25) is 0 Å². The topological polar surface area (TPSA) is 70.7 Å². The van der Waals surface area contributed by atoms with Crippen LogP contribution in [-0.4, -0.2) is 44.2 Å². The van der Waals surface area contributed by atoms with Crippen molar-refractivity contribution >= 4 is 23.2 Å². The molecule has 2 unspecified atom stereocenters. The number of anilines is 2. The minimum Gasteiger partial charge on any atom is -0.378 e. The van der Waals surface area contributed by atoms with Gasteiger partial charge in [0.15, 0.2) is 0 Å². The molecule has 1 heterocycles. The number of carbonyl (C=O) groups excluding carboxylic acids is 2. The van der Waals surface area contributed by atoms with Gasteiger partial charge in [-0.2, -0.15) is 0 Å². The van der Waals surface area contributed by atoms with E-state index in [9.17, 15) is 9.59 Å². The van der Waals surface area contributed by atoms with Crippen molar-refractivity contribution in [3.8, 4) is 0 Å². The number of hydrogen-bond acceptors (Lipinski definition) is 4. The first kappa shape index (κ1) is 23.1. The van der Waals surface area contributed by atoms with E-state index in [0.29, 0.717) is 26.1 Å². The molecule has 1 aromatic carbocycles. The van der Waals surface area contributed by atoms with Crippen molar-refractivity contribution in [3.63, 3.8) is 0 Å². The van der Waals surface area contributed by atoms with Crippen LogP contribution in [0, 0.1) is 5.92 Å². The Morgan fingerprint density at radius 2 is 1.97 bits per heavy atom. The number of carbonyl (C=O) groups is 2. The summed E-state index contributed by atoms with van der Waals surface area (Å²) in [6, 6.07) is 7.21. The summed E-state index contributed by atoms with van der Waals surface area (Å²) in [6.45, 7) is 4.87. The molecule has 0 spiro atoms. The van der Waals surface area contributed by atoms with Gasteiger partial charge in [-0.1, -0.05) is 48.6 Å². The summed E-state index contributed by atoms with van der Waals surface area (Å²) in [5.41, 5.74) is 3.48. The van der Waals surface area contributed by atoms with Gasteiger partial charge in [0.2, 0.25) is 11.8 Å². The second-order valence-corrected chi connectivity index (χ2v) is 8.78. The number of allylic oxidation sites excluding steroid dienone is 7. The van der Waals surface area contributed by atoms with Crippen molar-refractivity contribution in [2.24, 2.45) is 5.92 Å². The van der Waals surface area contributed by atoms with E-state index >= 15 is 0 Å². The summed E-state index contributed by atoms with van der Waals surface area (Å²) in [6.07, 6.45) is 15.3. The molecule has 1 aromatic rings. The third-order valence-electron chi connectivity index (χ3n) is 6.42. The highest BCUT2D eigenvalue weighted by atomic mass is 16.5. The lowest BCUT2D eigenvalue weighted by Crippen LogP contribution is -2.46. The molecule has 1 aliphatic heterocycles. The lowest BCUT2D eigenvalue weighted by molar-refractivity contribution is -0.124. The van der Waals surface area contributed by atoms with Gasteiger partial charge in [0.1, 0.15) is 6.04 Å². The van der Waals surface area contributed by atoms with Crippen molar-refractivity contribution in [2.75, 3.05) is 36.5 Å². The van der Waals surface area contributed by atoms with Gasteiger partial charge >= 0.3 is 0 Å². The highest BCUT2D eigenvalue weighted by Gasteiger charge is 2.27. The van der Waals surface area contributed by atoms with E-state index in [-0.39, 0.29) is 17.7 Å². The van der Waals surface area contributed by atoms with Gasteiger partial charge in [-0.05, 0) is 56.2 Å². The maximum Gasteiger partial charge on any atom is 0.248 e. The van der Waals surface area contributed by atoms with Gasteiger partial charge in [0.05, 0.1) is 24.6 Å². The molecule has 0 aromatic heterocycles. The fourth-order valence-corrected chi connectivity index (χ4v) is 4.54. The summed E-state index contributed by atoms with van der Waals surface area (Å²) < 4.78 is 5.48. The summed E-state index contributed by atoms with van der Waals surface area (Å²) in [7, 11) is 0. The van der Waals surface area contributed by atoms with Crippen molar-refractivity contribution < 1.29 is 14.3 Å². The number of nitrogens with one attached hydrogen (secondary N) is 2. The molecule has 1 fully saturated rings. The lowest BCUT2D eigenvalue weighted by atomic mass is 9.92. The number of morpholine rings is 1. The van der Waals surface area contributed by atoms with Crippen molar-refractivity contribution in [3.05, 3.63) is 71.9 Å². The SMILES string of the molecule is CC1=C(C(=O)NC(CC2C=CC=CC2)C(=O)Nc2ccccc2N2CCOCC2)CCC=C1. The Hall–Kier alpha value is -3.12. The van der Waals surface area contributed by atoms with Crippen molar-refractivity contribution in [2.45, 2.75) is 38.6 Å². The van der Waals surface area contributed by atoms with Gasteiger partial charge in [-0.15, -0.1) is 0 Å². The number of rotatable bonds is 7. The van der Waals surface area contributed by atoms with Crippen molar-refractivity contribution in [1.82, 2.24) is 5.32 Å². The van der Waals surface area contributed by atoms with Crippen molar-refractivity contribution in [1.29, 1.82) is 0 Å². The minimum atomic E-state index is -0.623. The molecule has 1 saturated heterocycles. The van der Waals surface area contributed by atoms with Crippen LogP contribution in [0.5, 0.6) is 0 Å². The third-order valence-corrected chi connectivity index (χ3v) is 6.42. The molecule has 174 valence electrons. The Kier molecular flexibility index (Phi) is 7.79. The minimum absolute atomic E-state index is 0.145. The molecule has 2 atom stereocenters. The maximum absolute atomic E-state index is 13.5. The molecule has 0 radical (unpaired) electrons. The fourth-order valence-electron chi connectivity index (χ4n) is 4.54. The first-order valence-corrected chi connectivity index (χ1v) is 11.8. The van der Waals surface area contributed by atoms with Crippen LogP contribution in [0.4, 0.5) is 11.4 Å². The van der Waals surface area contributed by atoms with E-state index in [2.05, 4.69) is 33.8 Å². The number of nitrogens with zero attached hydrogens (tertiary/aromatic N) is 1. The smallest absolute Gasteiger partial charge is 0.248 e. The maximum atomic E-state index is 13.5. The van der Waals surface area contributed by atoms with Crippen LogP contribution in [0.15, 0.2) is 71.9 Å². The highest BCUT2D eigenvalue weighted by molar-refractivity contribution is 6.02. The fraction of sp³-hybridized carbons (Fsp3) is 0.407. The zero-order valence-electron chi connectivity index (χ0n) is 19.3. The third kappa shape index (κ3) is 6.02. The van der Waals surface area contributed by atoms with Crippen LogP contribution in [-0.2, 0) is 14.3 Å². The predicted octanol–water partition coefficient (Wildman–Crippen LogP) is 4.14. The highest BCUT2D eigenvalue weighted by Crippen LogP contribution is 2.27. The summed E-state index contributed by atoms with van der Waals surface area (Å²) in [4.78, 5) is 28.8. The number of para-hydroxylation sites is 2. The van der Waals surface area contributed by atoms with Gasteiger partial charge in [-0.25, -0.2) is 0 Å². The Bertz CT molecular complexity index is 986. The van der Waals surface area contributed by atoms with Gasteiger partial charge in [0, 0.05) is 18.7 Å². The van der Waals surface area contributed by atoms with E-state index < -0.39 is 6.04 Å². The second kappa shape index (κ2) is 11.1. The average molecular weight is 448 g/mol. The van der Waals surface area contributed by atoms with E-state index in [1.807, 2.05) is 49.4 Å². The summed E-state index contributed by atoms with van der Waals surface area (Å²) in [5, 5.41) is 6.16. The molecule has 0 bridgehead atoms. The number of amides is 2. The van der Waals surface area contributed by atoms with Crippen LogP contribution in [0.1, 0.15) is 32.6 Å². The molecule has 33 heavy (non-hydrogen) atoms. The molecule has 2 amide bonds. The molecule has 2 N–H and O–H groups in total. The Balaban J connectivity index is 1.52. The predicted molar refractivity (Wildman–Crippen MR) is 132 cm³/mol. The number of hydrogen-bond donors (Lipinski definition) is 2. The molecular formula is C27H33N3O3. The average Bonchev–Trinajstić information content (AvgIpc) is 2.85. The van der Waals surface area contributed by atoms with E-state index in [0.717, 1.165) is 48.5 Å². The van der Waals surface area contributed by atoms with Gasteiger partial charge < -0.3 is 20.3 Å². The molecule has 6 nitrogen and oxygen atoms in total. The normalized spacial score (nSPS) is 21.1. The number of ether oxygens (including phenoxy) is 1.